The van der Waals surface area contributed by atoms with Gasteiger partial charge in [-0.05, 0) is 74.6 Å². The van der Waals surface area contributed by atoms with Crippen LogP contribution in [0.3, 0.4) is 0 Å². The van der Waals surface area contributed by atoms with Gasteiger partial charge in [0.15, 0.2) is 0 Å². The summed E-state index contributed by atoms with van der Waals surface area (Å²) in [4.78, 5) is 25.9. The number of ether oxygens (including phenoxy) is 2. The standard InChI is InChI=1S/C24H33N3O7S/c25-18-3-5-19(6-4-18)35(31,32)27-20(17-1-2-17)14-33-15-21(27)24(9-10-24)34-23(30)26-11-7-16(8-12-26)13-22(28)29/h3-6,16-17,20-21H,1-2,7-15,25H2,(H,28,29)/t20-,21+/m0/s1. The monoisotopic (exact) mass is 507 g/mol. The van der Waals surface area contributed by atoms with Gasteiger partial charge in [0, 0.05) is 25.2 Å². The van der Waals surface area contributed by atoms with Gasteiger partial charge >= 0.3 is 12.1 Å². The zero-order valence-corrected chi connectivity index (χ0v) is 20.5. The van der Waals surface area contributed by atoms with Crippen LogP contribution in [0.25, 0.3) is 0 Å². The Kier molecular flexibility index (Phi) is 6.43. The predicted molar refractivity (Wildman–Crippen MR) is 126 cm³/mol. The third-order valence-corrected chi connectivity index (χ3v) is 9.74. The van der Waals surface area contributed by atoms with E-state index < -0.39 is 33.7 Å². The van der Waals surface area contributed by atoms with Crippen LogP contribution in [0.5, 0.6) is 0 Å². The Balaban J connectivity index is 1.34. The fraction of sp³-hybridized carbons (Fsp3) is 0.667. The number of carbonyl (C=O) groups is 2. The lowest BCUT2D eigenvalue weighted by molar-refractivity contribution is -0.138. The number of aliphatic carboxylic acids is 1. The summed E-state index contributed by atoms with van der Waals surface area (Å²) in [5.41, 5.74) is 5.35. The Bertz CT molecular complexity index is 1060. The Morgan fingerprint density at radius 2 is 1.74 bits per heavy atom. The minimum absolute atomic E-state index is 0.0537. The highest BCUT2D eigenvalue weighted by atomic mass is 32.2. The summed E-state index contributed by atoms with van der Waals surface area (Å²) in [7, 11) is -3.87. The fourth-order valence-corrected chi connectivity index (χ4v) is 7.33. The number of hydrogen-bond acceptors (Lipinski definition) is 7. The second kappa shape index (κ2) is 9.25. The largest absolute Gasteiger partial charge is 0.481 e. The molecule has 1 aromatic carbocycles. The molecule has 4 aliphatic rings. The zero-order chi connectivity index (χ0) is 24.8. The molecule has 0 spiro atoms. The number of carbonyl (C=O) groups excluding carboxylic acids is 1. The van der Waals surface area contributed by atoms with Crippen molar-refractivity contribution in [1.29, 1.82) is 0 Å². The van der Waals surface area contributed by atoms with Gasteiger partial charge in [-0.1, -0.05) is 0 Å². The van der Waals surface area contributed by atoms with Crippen LogP contribution in [0.4, 0.5) is 10.5 Å². The molecule has 11 heteroatoms. The number of nitrogen functional groups attached to an aromatic ring is 1. The van der Waals surface area contributed by atoms with Gasteiger partial charge in [-0.25, -0.2) is 13.2 Å². The number of nitrogens with zero attached hydrogens (tertiary/aromatic N) is 2. The molecule has 4 fully saturated rings. The summed E-state index contributed by atoms with van der Waals surface area (Å²) >= 11 is 0. The van der Waals surface area contributed by atoms with Crippen LogP contribution in [0.1, 0.15) is 44.9 Å². The first-order valence-electron chi connectivity index (χ1n) is 12.4. The summed E-state index contributed by atoms with van der Waals surface area (Å²) in [6, 6.07) is 5.31. The first-order valence-corrected chi connectivity index (χ1v) is 13.8. The van der Waals surface area contributed by atoms with E-state index in [1.807, 2.05) is 0 Å². The second-order valence-electron chi connectivity index (χ2n) is 10.3. The molecule has 2 heterocycles. The number of sulfonamides is 1. The normalized spacial score (nSPS) is 27.4. The quantitative estimate of drug-likeness (QED) is 0.536. The number of morpholine rings is 1. The zero-order valence-electron chi connectivity index (χ0n) is 19.7. The molecule has 0 aromatic heterocycles. The van der Waals surface area contributed by atoms with Crippen molar-refractivity contribution in [2.45, 2.75) is 67.5 Å². The van der Waals surface area contributed by atoms with E-state index >= 15 is 0 Å². The fourth-order valence-electron chi connectivity index (χ4n) is 5.43. The van der Waals surface area contributed by atoms with Gasteiger partial charge < -0.3 is 25.2 Å². The molecular formula is C24H33N3O7S. The number of anilines is 1. The van der Waals surface area contributed by atoms with Crippen LogP contribution in [-0.4, -0.2) is 78.8 Å². The number of rotatable bonds is 7. The molecule has 35 heavy (non-hydrogen) atoms. The molecule has 10 nitrogen and oxygen atoms in total. The van der Waals surface area contributed by atoms with Gasteiger partial charge in [0.25, 0.3) is 0 Å². The van der Waals surface area contributed by atoms with Crippen LogP contribution in [0.2, 0.25) is 0 Å². The topological polar surface area (TPSA) is 139 Å². The summed E-state index contributed by atoms with van der Waals surface area (Å²) in [6.07, 6.45) is 3.92. The van der Waals surface area contributed by atoms with Gasteiger partial charge in [-0.2, -0.15) is 4.31 Å². The van der Waals surface area contributed by atoms with E-state index in [1.165, 1.54) is 12.1 Å². The molecule has 192 valence electrons. The number of piperidine rings is 1. The summed E-state index contributed by atoms with van der Waals surface area (Å²) < 4.78 is 41.2. The van der Waals surface area contributed by atoms with E-state index in [0.29, 0.717) is 51.1 Å². The van der Waals surface area contributed by atoms with Crippen molar-refractivity contribution in [2.75, 3.05) is 32.0 Å². The highest BCUT2D eigenvalue weighted by Gasteiger charge is 2.61. The molecule has 0 unspecified atom stereocenters. The number of likely N-dealkylation sites (tertiary alicyclic amines) is 1. The number of amides is 1. The molecule has 1 amide bonds. The average molecular weight is 508 g/mol. The SMILES string of the molecule is Nc1ccc(S(=O)(=O)N2[C@H](C3CC3)COC[C@@H]2C2(OC(=O)N3CCC(CC(=O)O)CC3)CC2)cc1. The number of hydrogen-bond donors (Lipinski definition) is 2. The van der Waals surface area contributed by atoms with E-state index in [4.69, 9.17) is 20.3 Å². The van der Waals surface area contributed by atoms with Crippen molar-refractivity contribution in [3.63, 3.8) is 0 Å². The van der Waals surface area contributed by atoms with Crippen molar-refractivity contribution >= 4 is 27.8 Å². The number of benzene rings is 1. The first-order chi connectivity index (χ1) is 16.7. The van der Waals surface area contributed by atoms with E-state index in [2.05, 4.69) is 0 Å². The van der Waals surface area contributed by atoms with Gasteiger partial charge in [0.05, 0.1) is 30.2 Å². The molecule has 2 saturated heterocycles. The molecule has 0 radical (unpaired) electrons. The highest BCUT2D eigenvalue weighted by molar-refractivity contribution is 7.89. The van der Waals surface area contributed by atoms with E-state index in [0.717, 1.165) is 12.8 Å². The van der Waals surface area contributed by atoms with Crippen LogP contribution in [0.15, 0.2) is 29.2 Å². The lowest BCUT2D eigenvalue weighted by Gasteiger charge is -2.44. The van der Waals surface area contributed by atoms with Crippen molar-refractivity contribution in [3.8, 4) is 0 Å². The minimum Gasteiger partial charge on any atom is -0.481 e. The summed E-state index contributed by atoms with van der Waals surface area (Å²) in [5.74, 6) is -0.535. The maximum atomic E-state index is 13.9. The van der Waals surface area contributed by atoms with E-state index in [9.17, 15) is 18.0 Å². The maximum absolute atomic E-state index is 13.9. The molecule has 2 atom stereocenters. The van der Waals surface area contributed by atoms with Gasteiger partial charge in [-0.3, -0.25) is 4.79 Å². The Hall–Kier alpha value is -2.37. The smallest absolute Gasteiger partial charge is 0.410 e. The van der Waals surface area contributed by atoms with Crippen LogP contribution >= 0.6 is 0 Å². The molecule has 1 aromatic rings. The van der Waals surface area contributed by atoms with Gasteiger partial charge in [-0.15, -0.1) is 0 Å². The van der Waals surface area contributed by atoms with Crippen molar-refractivity contribution in [1.82, 2.24) is 9.21 Å². The number of carboxylic acids is 1. The number of carboxylic acid groups (broad SMARTS) is 1. The highest BCUT2D eigenvalue weighted by Crippen LogP contribution is 2.50. The summed E-state index contributed by atoms with van der Waals surface area (Å²) in [5, 5.41) is 9.02. The molecule has 2 saturated carbocycles. The second-order valence-corrected chi connectivity index (χ2v) is 12.2. The van der Waals surface area contributed by atoms with Gasteiger partial charge in [0.1, 0.15) is 5.60 Å². The van der Waals surface area contributed by atoms with Crippen LogP contribution in [0, 0.1) is 11.8 Å². The predicted octanol–water partition coefficient (Wildman–Crippen LogP) is 2.29. The molecule has 2 aliphatic carbocycles. The molecule has 0 bridgehead atoms. The third kappa shape index (κ3) is 4.99. The maximum Gasteiger partial charge on any atom is 0.410 e. The Morgan fingerprint density at radius 3 is 2.31 bits per heavy atom. The van der Waals surface area contributed by atoms with Crippen molar-refractivity contribution in [3.05, 3.63) is 24.3 Å². The van der Waals surface area contributed by atoms with Crippen LogP contribution < -0.4 is 5.73 Å². The molecule has 5 rings (SSSR count). The van der Waals surface area contributed by atoms with Crippen molar-refractivity contribution < 1.29 is 32.6 Å². The molecule has 3 N–H and O–H groups in total. The van der Waals surface area contributed by atoms with Crippen molar-refractivity contribution in [2.24, 2.45) is 11.8 Å². The lowest BCUT2D eigenvalue weighted by Crippen LogP contribution is -2.61. The molecule has 2 aliphatic heterocycles. The van der Waals surface area contributed by atoms with E-state index in [-0.39, 0.29) is 35.8 Å². The Morgan fingerprint density at radius 1 is 1.09 bits per heavy atom. The third-order valence-electron chi connectivity index (χ3n) is 7.80. The average Bonchev–Trinajstić information content (AvgIpc) is 3.75. The Labute approximate surface area is 205 Å². The van der Waals surface area contributed by atoms with Gasteiger partial charge in [0.2, 0.25) is 10.0 Å². The number of nitrogens with two attached hydrogens (primary N) is 1. The minimum atomic E-state index is -3.87. The van der Waals surface area contributed by atoms with E-state index in [1.54, 1.807) is 21.3 Å². The summed E-state index contributed by atoms with van der Waals surface area (Å²) in [6.45, 7) is 1.38. The lowest BCUT2D eigenvalue weighted by atomic mass is 9.94. The molecular weight excluding hydrogens is 474 g/mol. The first kappa shape index (κ1) is 24.3. The van der Waals surface area contributed by atoms with Crippen LogP contribution in [-0.2, 0) is 24.3 Å².